The fourth-order valence-electron chi connectivity index (χ4n) is 2.01. The monoisotopic (exact) mass is 303 g/mol. The molecule has 1 aromatic rings. The standard InChI is InChI=1S/C18H25NO3/c1-13-9-8-10-14(15(21)11-6-5-7-12-20)16(13)19-17(22)18(2,3)4/h8-10,12H,5-7,11H2,1-4H3,(H,19,22). The topological polar surface area (TPSA) is 63.2 Å². The Bertz CT molecular complexity index is 556. The minimum atomic E-state index is -0.521. The quantitative estimate of drug-likeness (QED) is 0.472. The van der Waals surface area contributed by atoms with E-state index in [1.807, 2.05) is 39.8 Å². The first-order valence-electron chi connectivity index (χ1n) is 7.65. The van der Waals surface area contributed by atoms with Gasteiger partial charge >= 0.3 is 0 Å². The van der Waals surface area contributed by atoms with E-state index in [9.17, 15) is 14.4 Å². The molecule has 0 bridgehead atoms. The van der Waals surface area contributed by atoms with Gasteiger partial charge < -0.3 is 10.1 Å². The van der Waals surface area contributed by atoms with E-state index in [4.69, 9.17) is 0 Å². The molecule has 22 heavy (non-hydrogen) atoms. The third-order valence-corrected chi connectivity index (χ3v) is 3.47. The van der Waals surface area contributed by atoms with Crippen LogP contribution in [0.4, 0.5) is 5.69 Å². The van der Waals surface area contributed by atoms with Gasteiger partial charge in [-0.05, 0) is 31.4 Å². The van der Waals surface area contributed by atoms with Crippen molar-refractivity contribution in [3.8, 4) is 0 Å². The summed E-state index contributed by atoms with van der Waals surface area (Å²) in [5.74, 6) is -0.115. The Labute approximate surface area is 132 Å². The van der Waals surface area contributed by atoms with Crippen LogP contribution in [0.15, 0.2) is 18.2 Å². The highest BCUT2D eigenvalue weighted by atomic mass is 16.2. The van der Waals surface area contributed by atoms with Crippen LogP contribution < -0.4 is 5.32 Å². The van der Waals surface area contributed by atoms with Crippen molar-refractivity contribution in [3.63, 3.8) is 0 Å². The van der Waals surface area contributed by atoms with Crippen molar-refractivity contribution in [2.45, 2.75) is 53.4 Å². The van der Waals surface area contributed by atoms with Gasteiger partial charge in [-0.1, -0.05) is 32.9 Å². The second-order valence-electron chi connectivity index (χ2n) is 6.54. The van der Waals surface area contributed by atoms with Gasteiger partial charge in [0.1, 0.15) is 6.29 Å². The molecule has 1 amide bonds. The van der Waals surface area contributed by atoms with Crippen molar-refractivity contribution in [3.05, 3.63) is 29.3 Å². The number of aldehydes is 1. The van der Waals surface area contributed by atoms with E-state index in [0.717, 1.165) is 11.8 Å². The van der Waals surface area contributed by atoms with Gasteiger partial charge in [-0.2, -0.15) is 0 Å². The highest BCUT2D eigenvalue weighted by molar-refractivity contribution is 6.06. The molecule has 0 atom stereocenters. The smallest absolute Gasteiger partial charge is 0.229 e. The summed E-state index contributed by atoms with van der Waals surface area (Å²) in [6.45, 7) is 7.38. The molecule has 0 heterocycles. The van der Waals surface area contributed by atoms with Crippen LogP contribution in [-0.4, -0.2) is 18.0 Å². The van der Waals surface area contributed by atoms with Gasteiger partial charge in [-0.25, -0.2) is 0 Å². The Kier molecular flexibility index (Phi) is 6.47. The van der Waals surface area contributed by atoms with Crippen LogP contribution in [0.1, 0.15) is 62.4 Å². The SMILES string of the molecule is Cc1cccc(C(=O)CCCCC=O)c1NC(=O)C(C)(C)C. The summed E-state index contributed by atoms with van der Waals surface area (Å²) < 4.78 is 0. The lowest BCUT2D eigenvalue weighted by molar-refractivity contribution is -0.123. The number of unbranched alkanes of at least 4 members (excludes halogenated alkanes) is 2. The van der Waals surface area contributed by atoms with Gasteiger partial charge in [0.05, 0.1) is 5.69 Å². The number of aryl methyl sites for hydroxylation is 1. The van der Waals surface area contributed by atoms with E-state index in [2.05, 4.69) is 5.32 Å². The van der Waals surface area contributed by atoms with Gasteiger partial charge in [-0.3, -0.25) is 9.59 Å². The third-order valence-electron chi connectivity index (χ3n) is 3.47. The fraction of sp³-hybridized carbons (Fsp3) is 0.500. The Morgan fingerprint density at radius 1 is 1.18 bits per heavy atom. The number of carbonyl (C=O) groups is 3. The number of amides is 1. The Balaban J connectivity index is 2.91. The molecule has 0 fully saturated rings. The minimum Gasteiger partial charge on any atom is -0.325 e. The van der Waals surface area contributed by atoms with Crippen LogP contribution >= 0.6 is 0 Å². The molecule has 0 saturated heterocycles. The molecule has 0 saturated carbocycles. The summed E-state index contributed by atoms with van der Waals surface area (Å²) in [6.07, 6.45) is 3.12. The van der Waals surface area contributed by atoms with Crippen LogP contribution in [0.5, 0.6) is 0 Å². The van der Waals surface area contributed by atoms with Gasteiger partial charge in [0, 0.05) is 23.8 Å². The molecule has 1 rings (SSSR count). The number of hydrogen-bond acceptors (Lipinski definition) is 3. The van der Waals surface area contributed by atoms with E-state index < -0.39 is 5.41 Å². The van der Waals surface area contributed by atoms with Crippen LogP contribution in [0.2, 0.25) is 0 Å². The van der Waals surface area contributed by atoms with Gasteiger partial charge in [0.2, 0.25) is 5.91 Å². The average Bonchev–Trinajstić information content (AvgIpc) is 2.44. The molecule has 4 heteroatoms. The molecule has 4 nitrogen and oxygen atoms in total. The molecule has 0 aliphatic carbocycles. The van der Waals surface area contributed by atoms with E-state index in [-0.39, 0.29) is 11.7 Å². The predicted octanol–water partition coefficient (Wildman–Crippen LogP) is 3.92. The molecule has 0 unspecified atom stereocenters. The zero-order chi connectivity index (χ0) is 16.8. The molecule has 0 spiro atoms. The molecule has 0 aliphatic heterocycles. The highest BCUT2D eigenvalue weighted by Crippen LogP contribution is 2.25. The van der Waals surface area contributed by atoms with Crippen LogP contribution in [0.3, 0.4) is 0 Å². The lowest BCUT2D eigenvalue weighted by Crippen LogP contribution is -2.28. The first kappa shape index (κ1) is 18.1. The zero-order valence-corrected chi connectivity index (χ0v) is 13.9. The third kappa shape index (κ3) is 5.10. The van der Waals surface area contributed by atoms with Crippen molar-refractivity contribution >= 4 is 23.7 Å². The maximum Gasteiger partial charge on any atom is 0.229 e. The van der Waals surface area contributed by atoms with E-state index in [1.54, 1.807) is 6.07 Å². The molecule has 0 aliphatic rings. The van der Waals surface area contributed by atoms with Crippen LogP contribution in [0, 0.1) is 12.3 Å². The number of nitrogens with one attached hydrogen (secondary N) is 1. The van der Waals surface area contributed by atoms with Crippen LogP contribution in [0.25, 0.3) is 0 Å². The molecule has 0 aromatic heterocycles. The van der Waals surface area contributed by atoms with Crippen molar-refractivity contribution < 1.29 is 14.4 Å². The van der Waals surface area contributed by atoms with E-state index in [0.29, 0.717) is 36.9 Å². The number of carbonyl (C=O) groups excluding carboxylic acids is 3. The van der Waals surface area contributed by atoms with Crippen LogP contribution in [-0.2, 0) is 9.59 Å². The van der Waals surface area contributed by atoms with Gasteiger partial charge in [0.15, 0.2) is 5.78 Å². The highest BCUT2D eigenvalue weighted by Gasteiger charge is 2.23. The fourth-order valence-corrected chi connectivity index (χ4v) is 2.01. The molecular formula is C18H25NO3. The first-order chi connectivity index (χ1) is 10.3. The lowest BCUT2D eigenvalue weighted by Gasteiger charge is -2.20. The average molecular weight is 303 g/mol. The Hall–Kier alpha value is -1.97. The number of para-hydroxylation sites is 1. The van der Waals surface area contributed by atoms with Gasteiger partial charge in [0.25, 0.3) is 0 Å². The zero-order valence-electron chi connectivity index (χ0n) is 13.9. The second-order valence-corrected chi connectivity index (χ2v) is 6.54. The Morgan fingerprint density at radius 3 is 2.45 bits per heavy atom. The first-order valence-corrected chi connectivity index (χ1v) is 7.65. The lowest BCUT2D eigenvalue weighted by atomic mass is 9.94. The number of benzene rings is 1. The summed E-state index contributed by atoms with van der Waals surface area (Å²) in [6, 6.07) is 5.44. The molecule has 1 N–H and O–H groups in total. The van der Waals surface area contributed by atoms with Crippen molar-refractivity contribution in [1.82, 2.24) is 0 Å². The summed E-state index contributed by atoms with van der Waals surface area (Å²) in [5.41, 5.74) is 1.50. The Morgan fingerprint density at radius 2 is 1.86 bits per heavy atom. The number of hydrogen-bond donors (Lipinski definition) is 1. The molecular weight excluding hydrogens is 278 g/mol. The molecule has 0 radical (unpaired) electrons. The number of rotatable bonds is 7. The number of anilines is 1. The summed E-state index contributed by atoms with van der Waals surface area (Å²) in [5, 5.41) is 2.89. The number of ketones is 1. The largest absolute Gasteiger partial charge is 0.325 e. The summed E-state index contributed by atoms with van der Waals surface area (Å²) in [7, 11) is 0. The van der Waals surface area contributed by atoms with Crippen molar-refractivity contribution in [2.75, 3.05) is 5.32 Å². The minimum absolute atomic E-state index is 0.00110. The summed E-state index contributed by atoms with van der Waals surface area (Å²) in [4.78, 5) is 34.9. The second kappa shape index (κ2) is 7.87. The molecule has 1 aromatic carbocycles. The van der Waals surface area contributed by atoms with Crippen molar-refractivity contribution in [1.29, 1.82) is 0 Å². The maximum atomic E-state index is 12.4. The van der Waals surface area contributed by atoms with Crippen molar-refractivity contribution in [2.24, 2.45) is 5.41 Å². The van der Waals surface area contributed by atoms with E-state index >= 15 is 0 Å². The van der Waals surface area contributed by atoms with E-state index in [1.165, 1.54) is 0 Å². The summed E-state index contributed by atoms with van der Waals surface area (Å²) >= 11 is 0. The molecule has 120 valence electrons. The predicted molar refractivity (Wildman–Crippen MR) is 88.1 cm³/mol. The number of Topliss-reactive ketones (excluding diaryl/α,β-unsaturated/α-hetero) is 1. The van der Waals surface area contributed by atoms with Gasteiger partial charge in [-0.15, -0.1) is 0 Å². The normalized spacial score (nSPS) is 11.1. The maximum absolute atomic E-state index is 12.4.